The van der Waals surface area contributed by atoms with Gasteiger partial charge in [0.2, 0.25) is 0 Å². The SMILES string of the molecule is CC(C)(C)OC(=O)N1CC(OCCO)C1.CC(C)(C)OC(=O)N1CC(OCCOC2CCCCO2)C1.CO.Cc1ccc(S(=O)(=O)O)cc1. The van der Waals surface area contributed by atoms with E-state index in [1.807, 2.05) is 48.5 Å². The first-order chi connectivity index (χ1) is 22.9. The number of aliphatic hydroxyl groups excluding tert-OH is 2. The van der Waals surface area contributed by atoms with E-state index in [4.69, 9.17) is 43.2 Å². The van der Waals surface area contributed by atoms with E-state index < -0.39 is 21.3 Å². The van der Waals surface area contributed by atoms with Crippen LogP contribution < -0.4 is 0 Å². The Labute approximate surface area is 291 Å². The summed E-state index contributed by atoms with van der Waals surface area (Å²) in [6, 6.07) is 5.99. The zero-order valence-corrected chi connectivity index (χ0v) is 31.1. The average Bonchev–Trinajstić information content (AvgIpc) is 2.95. The normalized spacial score (nSPS) is 18.2. The van der Waals surface area contributed by atoms with Gasteiger partial charge in [0.15, 0.2) is 6.29 Å². The van der Waals surface area contributed by atoms with Crippen LogP contribution in [0.15, 0.2) is 29.2 Å². The molecule has 3 aliphatic rings. The van der Waals surface area contributed by atoms with Crippen LogP contribution in [0.2, 0.25) is 0 Å². The van der Waals surface area contributed by atoms with Crippen molar-refractivity contribution in [2.45, 2.75) is 102 Å². The second kappa shape index (κ2) is 21.6. The lowest BCUT2D eigenvalue weighted by molar-refractivity contribution is -0.175. The maximum atomic E-state index is 11.7. The molecule has 3 N–H and O–H groups in total. The number of likely N-dealkylation sites (tertiary alicyclic amines) is 2. The quantitative estimate of drug-likeness (QED) is 0.248. The average molecular weight is 723 g/mol. The van der Waals surface area contributed by atoms with Crippen LogP contribution in [0.5, 0.6) is 0 Å². The Hall–Kier alpha value is -2.57. The van der Waals surface area contributed by atoms with Gasteiger partial charge in [-0.3, -0.25) is 4.55 Å². The summed E-state index contributed by atoms with van der Waals surface area (Å²) in [6.07, 6.45) is 2.76. The molecule has 284 valence electrons. The molecule has 3 heterocycles. The summed E-state index contributed by atoms with van der Waals surface area (Å²) in [4.78, 5) is 26.4. The summed E-state index contributed by atoms with van der Waals surface area (Å²) >= 11 is 0. The second-order valence-electron chi connectivity index (χ2n) is 13.4. The van der Waals surface area contributed by atoms with Gasteiger partial charge in [0, 0.05) is 13.7 Å². The topological polar surface area (TPSA) is 191 Å². The first kappa shape index (κ1) is 44.5. The number of ether oxygens (including phenoxy) is 6. The molecule has 4 rings (SSSR count). The Morgan fingerprint density at radius 3 is 1.63 bits per heavy atom. The van der Waals surface area contributed by atoms with Gasteiger partial charge in [-0.1, -0.05) is 17.7 Å². The number of nitrogens with zero attached hydrogens (tertiary/aromatic N) is 2. The maximum Gasteiger partial charge on any atom is 0.410 e. The molecular formula is C33H58N2O13S. The van der Waals surface area contributed by atoms with Crippen LogP contribution in [0, 0.1) is 6.92 Å². The smallest absolute Gasteiger partial charge is 0.410 e. The number of hydrogen-bond acceptors (Lipinski definition) is 12. The van der Waals surface area contributed by atoms with Crippen LogP contribution >= 0.6 is 0 Å². The maximum absolute atomic E-state index is 11.7. The predicted molar refractivity (Wildman–Crippen MR) is 181 cm³/mol. The van der Waals surface area contributed by atoms with Crippen molar-refractivity contribution in [2.24, 2.45) is 0 Å². The Bertz CT molecular complexity index is 1180. The molecule has 1 unspecified atom stereocenters. The monoisotopic (exact) mass is 722 g/mol. The van der Waals surface area contributed by atoms with Gasteiger partial charge in [-0.15, -0.1) is 0 Å². The Morgan fingerprint density at radius 1 is 0.796 bits per heavy atom. The van der Waals surface area contributed by atoms with E-state index in [0.29, 0.717) is 46.0 Å². The number of amides is 2. The Kier molecular flexibility index (Phi) is 19.6. The first-order valence-corrected chi connectivity index (χ1v) is 17.8. The standard InChI is InChI=1S/C15H27NO5.C10H19NO4.C7H8O3S.CH4O/c1-15(2,3)21-14(17)16-10-12(11-16)18-8-9-20-13-6-4-5-7-19-13;1-10(2,3)15-9(13)11-6-8(7-11)14-5-4-12;1-6-2-4-7(5-3-6)11(8,9)10;1-2/h12-13H,4-11H2,1-3H3;8,12H,4-7H2,1-3H3;2-5H,1H3,(H,8,9,10);2H,1H3. The number of aliphatic hydroxyl groups is 2. The highest BCUT2D eigenvalue weighted by molar-refractivity contribution is 7.85. The molecule has 0 radical (unpaired) electrons. The fourth-order valence-corrected chi connectivity index (χ4v) is 4.68. The third kappa shape index (κ3) is 19.4. The summed E-state index contributed by atoms with van der Waals surface area (Å²) in [5.74, 6) is 0. The van der Waals surface area contributed by atoms with E-state index in [1.54, 1.807) is 21.9 Å². The molecule has 1 atom stereocenters. The zero-order valence-electron chi connectivity index (χ0n) is 30.3. The molecule has 0 saturated carbocycles. The van der Waals surface area contributed by atoms with Gasteiger partial charge in [-0.05, 0) is 79.9 Å². The molecule has 3 aliphatic heterocycles. The lowest BCUT2D eigenvalue weighted by Crippen LogP contribution is -2.56. The van der Waals surface area contributed by atoms with Crippen molar-refractivity contribution in [1.82, 2.24) is 9.80 Å². The minimum absolute atomic E-state index is 0.0168. The molecule has 16 heteroatoms. The molecule has 49 heavy (non-hydrogen) atoms. The third-order valence-corrected chi connectivity index (χ3v) is 7.51. The number of benzene rings is 1. The molecule has 0 aromatic heterocycles. The predicted octanol–water partition coefficient (Wildman–Crippen LogP) is 3.63. The first-order valence-electron chi connectivity index (χ1n) is 16.4. The Balaban J connectivity index is 0.000000377. The zero-order chi connectivity index (χ0) is 37.3. The highest BCUT2D eigenvalue weighted by Crippen LogP contribution is 2.19. The van der Waals surface area contributed by atoms with Crippen molar-refractivity contribution in [2.75, 3.05) is 66.3 Å². The van der Waals surface area contributed by atoms with E-state index in [9.17, 15) is 18.0 Å². The fraction of sp³-hybridized carbons (Fsp3) is 0.758. The van der Waals surface area contributed by atoms with E-state index in [1.165, 1.54) is 18.6 Å². The van der Waals surface area contributed by atoms with Crippen molar-refractivity contribution < 1.29 is 61.2 Å². The molecule has 1 aromatic rings. The van der Waals surface area contributed by atoms with Crippen molar-refractivity contribution in [3.63, 3.8) is 0 Å². The van der Waals surface area contributed by atoms with Crippen LogP contribution in [0.3, 0.4) is 0 Å². The van der Waals surface area contributed by atoms with E-state index in [0.717, 1.165) is 32.1 Å². The van der Waals surface area contributed by atoms with Gasteiger partial charge in [0.1, 0.15) is 11.2 Å². The van der Waals surface area contributed by atoms with Crippen LogP contribution in [0.25, 0.3) is 0 Å². The molecule has 3 saturated heterocycles. The molecule has 15 nitrogen and oxygen atoms in total. The van der Waals surface area contributed by atoms with Gasteiger partial charge in [0.25, 0.3) is 10.1 Å². The number of carbonyl (C=O) groups excluding carboxylic acids is 2. The van der Waals surface area contributed by atoms with Crippen molar-refractivity contribution in [3.8, 4) is 0 Å². The van der Waals surface area contributed by atoms with E-state index in [-0.39, 0.29) is 42.2 Å². The summed E-state index contributed by atoms with van der Waals surface area (Å²) in [5.41, 5.74) is 0.0581. The van der Waals surface area contributed by atoms with E-state index >= 15 is 0 Å². The molecule has 2 amide bonds. The number of hydrogen-bond donors (Lipinski definition) is 3. The second-order valence-corrected chi connectivity index (χ2v) is 14.9. The number of rotatable bonds is 9. The van der Waals surface area contributed by atoms with Gasteiger partial charge in [-0.25, -0.2) is 9.59 Å². The van der Waals surface area contributed by atoms with Crippen LogP contribution in [-0.4, -0.2) is 141 Å². The Morgan fingerprint density at radius 2 is 1.24 bits per heavy atom. The largest absolute Gasteiger partial charge is 0.444 e. The van der Waals surface area contributed by atoms with Crippen molar-refractivity contribution in [1.29, 1.82) is 0 Å². The summed E-state index contributed by atoms with van der Waals surface area (Å²) in [5, 5.41) is 15.5. The molecule has 1 aromatic carbocycles. The van der Waals surface area contributed by atoms with Gasteiger partial charge < -0.3 is 48.4 Å². The minimum atomic E-state index is -4.02. The van der Waals surface area contributed by atoms with Crippen LogP contribution in [0.1, 0.15) is 66.4 Å². The molecule has 0 spiro atoms. The van der Waals surface area contributed by atoms with E-state index in [2.05, 4.69) is 0 Å². The van der Waals surface area contributed by atoms with Gasteiger partial charge >= 0.3 is 12.2 Å². The summed E-state index contributed by atoms with van der Waals surface area (Å²) in [6.45, 7) is 17.4. The van der Waals surface area contributed by atoms with Gasteiger partial charge in [0.05, 0.1) is 69.7 Å². The molecule has 0 aliphatic carbocycles. The van der Waals surface area contributed by atoms with Crippen molar-refractivity contribution in [3.05, 3.63) is 29.8 Å². The van der Waals surface area contributed by atoms with Gasteiger partial charge in [-0.2, -0.15) is 8.42 Å². The lowest BCUT2D eigenvalue weighted by atomic mass is 10.2. The third-order valence-electron chi connectivity index (χ3n) is 6.64. The number of carbonyl (C=O) groups is 2. The summed E-state index contributed by atoms with van der Waals surface area (Å²) < 4.78 is 62.0. The van der Waals surface area contributed by atoms with Crippen molar-refractivity contribution >= 4 is 22.3 Å². The number of aryl methyl sites for hydroxylation is 1. The molecular weight excluding hydrogens is 664 g/mol. The highest BCUT2D eigenvalue weighted by atomic mass is 32.2. The van der Waals surface area contributed by atoms with Crippen LogP contribution in [0.4, 0.5) is 9.59 Å². The molecule has 0 bridgehead atoms. The lowest BCUT2D eigenvalue weighted by Gasteiger charge is -2.39. The fourth-order valence-electron chi connectivity index (χ4n) is 4.20. The molecule has 3 fully saturated rings. The van der Waals surface area contributed by atoms with Crippen LogP contribution in [-0.2, 0) is 38.5 Å². The summed E-state index contributed by atoms with van der Waals surface area (Å²) in [7, 11) is -3.02. The highest BCUT2D eigenvalue weighted by Gasteiger charge is 2.35. The minimum Gasteiger partial charge on any atom is -0.444 e.